The van der Waals surface area contributed by atoms with Gasteiger partial charge in [0.25, 0.3) is 0 Å². The lowest BCUT2D eigenvalue weighted by atomic mass is 10.0. The average molecular weight is 267 g/mol. The molecule has 0 aliphatic rings. The number of rotatable bonds is 8. The van der Waals surface area contributed by atoms with E-state index in [1.807, 2.05) is 0 Å². The molecule has 0 saturated carbocycles. The van der Waals surface area contributed by atoms with Gasteiger partial charge < -0.3 is 10.4 Å². The molecule has 106 valence electrons. The molecule has 6 heteroatoms. The largest absolute Gasteiger partial charge is 0.396 e. The van der Waals surface area contributed by atoms with Gasteiger partial charge in [-0.05, 0) is 31.7 Å². The molecule has 1 aromatic heterocycles. The molecule has 2 N–H and O–H groups in total. The molecule has 0 aromatic carbocycles. The van der Waals surface area contributed by atoms with E-state index in [-0.39, 0.29) is 12.3 Å². The van der Waals surface area contributed by atoms with Crippen molar-refractivity contribution in [3.63, 3.8) is 0 Å². The van der Waals surface area contributed by atoms with Crippen LogP contribution in [-0.4, -0.2) is 28.2 Å². The number of nitro groups is 1. The smallest absolute Gasteiger partial charge is 0.311 e. The highest BCUT2D eigenvalue weighted by atomic mass is 16.6. The Morgan fingerprint density at radius 1 is 1.47 bits per heavy atom. The standard InChI is InChI=1S/C13H21N3O3/c1-3-4-11(7-8-17)9-14-13-12(16(18)19)6-5-10(2)15-13/h5-6,11,17H,3-4,7-9H2,1-2H3,(H,14,15). The van der Waals surface area contributed by atoms with Crippen molar-refractivity contribution in [1.82, 2.24) is 4.98 Å². The molecule has 0 aliphatic carbocycles. The molecule has 1 rings (SSSR count). The highest BCUT2D eigenvalue weighted by Crippen LogP contribution is 2.23. The van der Waals surface area contributed by atoms with Crippen LogP contribution in [0.1, 0.15) is 31.9 Å². The van der Waals surface area contributed by atoms with Crippen molar-refractivity contribution in [1.29, 1.82) is 0 Å². The molecule has 1 aromatic rings. The van der Waals surface area contributed by atoms with Crippen LogP contribution < -0.4 is 5.32 Å². The number of hydrogen-bond donors (Lipinski definition) is 2. The predicted molar refractivity (Wildman–Crippen MR) is 74.2 cm³/mol. The number of hydrogen-bond acceptors (Lipinski definition) is 5. The fraction of sp³-hybridized carbons (Fsp3) is 0.615. The van der Waals surface area contributed by atoms with Gasteiger partial charge in [0.1, 0.15) is 0 Å². The fourth-order valence-electron chi connectivity index (χ4n) is 2.01. The van der Waals surface area contributed by atoms with Crippen LogP contribution >= 0.6 is 0 Å². The number of nitrogens with one attached hydrogen (secondary N) is 1. The minimum atomic E-state index is -0.435. The van der Waals surface area contributed by atoms with Crippen molar-refractivity contribution in [2.45, 2.75) is 33.1 Å². The monoisotopic (exact) mass is 267 g/mol. The molecule has 1 atom stereocenters. The van der Waals surface area contributed by atoms with Gasteiger partial charge in [0.2, 0.25) is 5.82 Å². The molecule has 19 heavy (non-hydrogen) atoms. The third-order valence-corrected chi connectivity index (χ3v) is 3.00. The van der Waals surface area contributed by atoms with Crippen LogP contribution in [0.25, 0.3) is 0 Å². The van der Waals surface area contributed by atoms with Crippen molar-refractivity contribution in [3.8, 4) is 0 Å². The highest BCUT2D eigenvalue weighted by molar-refractivity contribution is 5.56. The minimum absolute atomic E-state index is 0.00940. The van der Waals surface area contributed by atoms with Crippen LogP contribution in [0.2, 0.25) is 0 Å². The average Bonchev–Trinajstić information content (AvgIpc) is 2.36. The Morgan fingerprint density at radius 3 is 2.79 bits per heavy atom. The molecule has 0 aliphatic heterocycles. The molecule has 1 unspecified atom stereocenters. The first-order chi connectivity index (χ1) is 9.08. The minimum Gasteiger partial charge on any atom is -0.396 e. The van der Waals surface area contributed by atoms with Crippen LogP contribution in [0.5, 0.6) is 0 Å². The third-order valence-electron chi connectivity index (χ3n) is 3.00. The Labute approximate surface area is 113 Å². The summed E-state index contributed by atoms with van der Waals surface area (Å²) in [4.78, 5) is 14.7. The number of aliphatic hydroxyl groups excluding tert-OH is 1. The summed E-state index contributed by atoms with van der Waals surface area (Å²) >= 11 is 0. The lowest BCUT2D eigenvalue weighted by Gasteiger charge is -2.16. The summed E-state index contributed by atoms with van der Waals surface area (Å²) in [6.45, 7) is 4.60. The zero-order valence-electron chi connectivity index (χ0n) is 11.4. The Balaban J connectivity index is 2.74. The number of pyridine rings is 1. The maximum atomic E-state index is 10.9. The van der Waals surface area contributed by atoms with E-state index >= 15 is 0 Å². The van der Waals surface area contributed by atoms with E-state index in [2.05, 4.69) is 17.2 Å². The summed E-state index contributed by atoms with van der Waals surface area (Å²) in [5.74, 6) is 0.612. The van der Waals surface area contributed by atoms with Crippen molar-refractivity contribution in [2.24, 2.45) is 5.92 Å². The number of anilines is 1. The van der Waals surface area contributed by atoms with Gasteiger partial charge in [0, 0.05) is 24.9 Å². The third kappa shape index (κ3) is 4.82. The summed E-state index contributed by atoms with van der Waals surface area (Å²) in [7, 11) is 0. The van der Waals surface area contributed by atoms with Gasteiger partial charge in [-0.3, -0.25) is 10.1 Å². The number of aryl methyl sites for hydroxylation is 1. The molecule has 6 nitrogen and oxygen atoms in total. The molecule has 0 fully saturated rings. The normalized spacial score (nSPS) is 12.2. The molecule has 0 amide bonds. The second-order valence-electron chi connectivity index (χ2n) is 4.63. The second-order valence-corrected chi connectivity index (χ2v) is 4.63. The summed E-state index contributed by atoms with van der Waals surface area (Å²) in [6.07, 6.45) is 2.70. The van der Waals surface area contributed by atoms with Crippen LogP contribution in [0, 0.1) is 23.0 Å². The molecule has 0 radical (unpaired) electrons. The van der Waals surface area contributed by atoms with E-state index in [0.29, 0.717) is 24.7 Å². The summed E-state index contributed by atoms with van der Waals surface area (Å²) in [5.41, 5.74) is 0.729. The Morgan fingerprint density at radius 2 is 2.21 bits per heavy atom. The van der Waals surface area contributed by atoms with Crippen molar-refractivity contribution >= 4 is 11.5 Å². The molecule has 0 bridgehead atoms. The van der Waals surface area contributed by atoms with Gasteiger partial charge in [-0.1, -0.05) is 13.3 Å². The van der Waals surface area contributed by atoms with Crippen LogP contribution in [0.3, 0.4) is 0 Å². The second kappa shape index (κ2) is 7.68. The molecule has 0 saturated heterocycles. The quantitative estimate of drug-likeness (QED) is 0.558. The van der Waals surface area contributed by atoms with E-state index in [1.54, 1.807) is 13.0 Å². The Bertz CT molecular complexity index is 418. The molecule has 1 heterocycles. The topological polar surface area (TPSA) is 88.3 Å². The maximum Gasteiger partial charge on any atom is 0.311 e. The molecule has 0 spiro atoms. The fourth-order valence-corrected chi connectivity index (χ4v) is 2.01. The number of nitrogens with zero attached hydrogens (tertiary/aromatic N) is 2. The van der Waals surface area contributed by atoms with Crippen molar-refractivity contribution in [3.05, 3.63) is 27.9 Å². The summed E-state index contributed by atoms with van der Waals surface area (Å²) in [6, 6.07) is 3.09. The lowest BCUT2D eigenvalue weighted by molar-refractivity contribution is -0.384. The van der Waals surface area contributed by atoms with Gasteiger partial charge in [0.05, 0.1) is 4.92 Å². The maximum absolute atomic E-state index is 10.9. The van der Waals surface area contributed by atoms with E-state index < -0.39 is 4.92 Å². The van der Waals surface area contributed by atoms with Crippen LogP contribution in [0.15, 0.2) is 12.1 Å². The summed E-state index contributed by atoms with van der Waals surface area (Å²) < 4.78 is 0. The number of aromatic nitrogens is 1. The lowest BCUT2D eigenvalue weighted by Crippen LogP contribution is -2.17. The van der Waals surface area contributed by atoms with E-state index in [0.717, 1.165) is 18.5 Å². The summed E-state index contributed by atoms with van der Waals surface area (Å²) in [5, 5.41) is 23.0. The van der Waals surface area contributed by atoms with Crippen molar-refractivity contribution < 1.29 is 10.0 Å². The first kappa shape index (κ1) is 15.4. The van der Waals surface area contributed by atoms with Gasteiger partial charge in [-0.2, -0.15) is 0 Å². The van der Waals surface area contributed by atoms with E-state index in [1.165, 1.54) is 6.07 Å². The van der Waals surface area contributed by atoms with Gasteiger partial charge in [-0.25, -0.2) is 4.98 Å². The van der Waals surface area contributed by atoms with E-state index in [4.69, 9.17) is 5.11 Å². The molecular weight excluding hydrogens is 246 g/mol. The first-order valence-corrected chi connectivity index (χ1v) is 6.55. The van der Waals surface area contributed by atoms with Gasteiger partial charge >= 0.3 is 5.69 Å². The van der Waals surface area contributed by atoms with Crippen LogP contribution in [0.4, 0.5) is 11.5 Å². The molecular formula is C13H21N3O3. The highest BCUT2D eigenvalue weighted by Gasteiger charge is 2.16. The SMILES string of the molecule is CCCC(CCO)CNc1nc(C)ccc1[N+](=O)[O-]. The Kier molecular flexibility index (Phi) is 6.21. The van der Waals surface area contributed by atoms with Crippen molar-refractivity contribution in [2.75, 3.05) is 18.5 Å². The van der Waals surface area contributed by atoms with Gasteiger partial charge in [-0.15, -0.1) is 0 Å². The zero-order chi connectivity index (χ0) is 14.3. The zero-order valence-corrected chi connectivity index (χ0v) is 11.4. The first-order valence-electron chi connectivity index (χ1n) is 6.55. The van der Waals surface area contributed by atoms with Crippen LogP contribution in [-0.2, 0) is 0 Å². The Hall–Kier alpha value is -1.69. The number of aliphatic hydroxyl groups is 1. The van der Waals surface area contributed by atoms with Gasteiger partial charge in [0.15, 0.2) is 0 Å². The van der Waals surface area contributed by atoms with E-state index in [9.17, 15) is 10.1 Å². The predicted octanol–water partition coefficient (Wildman–Crippen LogP) is 2.51.